The maximum atomic E-state index is 5.58. The molecule has 0 saturated heterocycles. The van der Waals surface area contributed by atoms with E-state index in [1.54, 1.807) is 0 Å². The first kappa shape index (κ1) is 9.33. The van der Waals surface area contributed by atoms with Crippen molar-refractivity contribution < 1.29 is 4.42 Å². The molecule has 0 atom stereocenters. The fraction of sp³-hybridized carbons (Fsp3) is 0.818. The fourth-order valence-corrected chi connectivity index (χ4v) is 1.70. The maximum Gasteiger partial charge on any atom is 0.219 e. The third kappa shape index (κ3) is 2.56. The first-order valence-corrected chi connectivity index (χ1v) is 5.97. The van der Waals surface area contributed by atoms with Crippen LogP contribution < -0.4 is 5.32 Å². The van der Waals surface area contributed by atoms with E-state index in [1.165, 1.54) is 25.7 Å². The Morgan fingerprint density at radius 2 is 2.07 bits per heavy atom. The summed E-state index contributed by atoms with van der Waals surface area (Å²) in [6.07, 6.45) is 7.18. The standard InChI is InChI=1S/C11H17N3O/c1(7-12-9-5-6-9)2-10-13-14-11(15-10)8-3-4-8/h8-9,12H,1-7H2. The van der Waals surface area contributed by atoms with E-state index < -0.39 is 0 Å². The Balaban J connectivity index is 1.40. The molecule has 1 heterocycles. The molecule has 0 aromatic carbocycles. The highest BCUT2D eigenvalue weighted by Crippen LogP contribution is 2.39. The predicted octanol–water partition coefficient (Wildman–Crippen LogP) is 1.63. The largest absolute Gasteiger partial charge is 0.425 e. The van der Waals surface area contributed by atoms with Gasteiger partial charge in [0.1, 0.15) is 0 Å². The minimum absolute atomic E-state index is 0.579. The molecule has 15 heavy (non-hydrogen) atoms. The van der Waals surface area contributed by atoms with Crippen LogP contribution in [0.15, 0.2) is 4.42 Å². The number of nitrogens with zero attached hydrogens (tertiary/aromatic N) is 2. The summed E-state index contributed by atoms with van der Waals surface area (Å²) in [5.74, 6) is 2.26. The molecular formula is C11H17N3O. The molecule has 4 nitrogen and oxygen atoms in total. The Morgan fingerprint density at radius 1 is 1.20 bits per heavy atom. The van der Waals surface area contributed by atoms with Crippen LogP contribution in [0, 0.1) is 0 Å². The van der Waals surface area contributed by atoms with Crippen molar-refractivity contribution in [2.24, 2.45) is 0 Å². The van der Waals surface area contributed by atoms with Crippen LogP contribution in [0.1, 0.15) is 49.8 Å². The van der Waals surface area contributed by atoms with Gasteiger partial charge in [-0.15, -0.1) is 10.2 Å². The van der Waals surface area contributed by atoms with Crippen molar-refractivity contribution in [2.75, 3.05) is 6.54 Å². The lowest BCUT2D eigenvalue weighted by Gasteiger charge is -1.99. The molecule has 4 heteroatoms. The normalized spacial score (nSPS) is 20.8. The molecule has 2 fully saturated rings. The Hall–Kier alpha value is -0.900. The van der Waals surface area contributed by atoms with Crippen LogP contribution in [0.4, 0.5) is 0 Å². The molecule has 1 N–H and O–H groups in total. The number of hydrogen-bond donors (Lipinski definition) is 1. The van der Waals surface area contributed by atoms with Crippen molar-refractivity contribution in [3.05, 3.63) is 11.8 Å². The van der Waals surface area contributed by atoms with Gasteiger partial charge in [-0.1, -0.05) is 0 Å². The van der Waals surface area contributed by atoms with Crippen molar-refractivity contribution in [2.45, 2.75) is 50.5 Å². The third-order valence-electron chi connectivity index (χ3n) is 2.99. The summed E-state index contributed by atoms with van der Waals surface area (Å²) in [6, 6.07) is 0.801. The van der Waals surface area contributed by atoms with Crippen molar-refractivity contribution in [1.29, 1.82) is 0 Å². The second-order valence-electron chi connectivity index (χ2n) is 4.64. The smallest absolute Gasteiger partial charge is 0.219 e. The van der Waals surface area contributed by atoms with Gasteiger partial charge in [0.05, 0.1) is 0 Å². The van der Waals surface area contributed by atoms with Crippen LogP contribution in [0.5, 0.6) is 0 Å². The Kier molecular flexibility index (Phi) is 2.44. The quantitative estimate of drug-likeness (QED) is 0.720. The topological polar surface area (TPSA) is 51.0 Å². The van der Waals surface area contributed by atoms with Crippen LogP contribution in [0.3, 0.4) is 0 Å². The molecule has 82 valence electrons. The lowest BCUT2D eigenvalue weighted by atomic mass is 10.3. The monoisotopic (exact) mass is 207 g/mol. The molecule has 2 saturated carbocycles. The summed E-state index contributed by atoms with van der Waals surface area (Å²) in [6.45, 7) is 1.08. The minimum Gasteiger partial charge on any atom is -0.425 e. The van der Waals surface area contributed by atoms with Gasteiger partial charge in [-0.3, -0.25) is 0 Å². The summed E-state index contributed by atoms with van der Waals surface area (Å²) in [5.41, 5.74) is 0. The first-order chi connectivity index (χ1) is 7.42. The van der Waals surface area contributed by atoms with Gasteiger partial charge >= 0.3 is 0 Å². The van der Waals surface area contributed by atoms with Crippen LogP contribution in [-0.2, 0) is 6.42 Å². The predicted molar refractivity (Wildman–Crippen MR) is 55.6 cm³/mol. The van der Waals surface area contributed by atoms with Gasteiger partial charge in [-0.05, 0) is 38.6 Å². The van der Waals surface area contributed by atoms with Crippen molar-refractivity contribution in [3.63, 3.8) is 0 Å². The van der Waals surface area contributed by atoms with E-state index in [1.807, 2.05) is 0 Å². The molecule has 0 radical (unpaired) electrons. The second kappa shape index (κ2) is 3.93. The molecule has 3 rings (SSSR count). The highest BCUT2D eigenvalue weighted by Gasteiger charge is 2.29. The van der Waals surface area contributed by atoms with E-state index in [9.17, 15) is 0 Å². The van der Waals surface area contributed by atoms with Crippen LogP contribution >= 0.6 is 0 Å². The first-order valence-electron chi connectivity index (χ1n) is 5.97. The van der Waals surface area contributed by atoms with Crippen molar-refractivity contribution in [1.82, 2.24) is 15.5 Å². The highest BCUT2D eigenvalue weighted by atomic mass is 16.4. The van der Waals surface area contributed by atoms with E-state index in [-0.39, 0.29) is 0 Å². The highest BCUT2D eigenvalue weighted by molar-refractivity contribution is 5.00. The zero-order chi connectivity index (χ0) is 10.1. The minimum atomic E-state index is 0.579. The fourth-order valence-electron chi connectivity index (χ4n) is 1.70. The third-order valence-corrected chi connectivity index (χ3v) is 2.99. The molecule has 0 amide bonds. The van der Waals surface area contributed by atoms with E-state index >= 15 is 0 Å². The molecular weight excluding hydrogens is 190 g/mol. The molecule has 2 aliphatic carbocycles. The maximum absolute atomic E-state index is 5.58. The molecule has 0 unspecified atom stereocenters. The number of nitrogens with one attached hydrogen (secondary N) is 1. The molecule has 1 aromatic rings. The lowest BCUT2D eigenvalue weighted by molar-refractivity contribution is 0.443. The average molecular weight is 207 g/mol. The van der Waals surface area contributed by atoms with Gasteiger partial charge in [0.2, 0.25) is 11.8 Å². The summed E-state index contributed by atoms with van der Waals surface area (Å²) in [5, 5.41) is 11.6. The summed E-state index contributed by atoms with van der Waals surface area (Å²) in [4.78, 5) is 0. The number of aromatic nitrogens is 2. The van der Waals surface area contributed by atoms with Crippen LogP contribution in [0.2, 0.25) is 0 Å². The summed E-state index contributed by atoms with van der Waals surface area (Å²) >= 11 is 0. The van der Waals surface area contributed by atoms with Crippen molar-refractivity contribution >= 4 is 0 Å². The number of hydrogen-bond acceptors (Lipinski definition) is 4. The number of aryl methyl sites for hydroxylation is 1. The van der Waals surface area contributed by atoms with Gasteiger partial charge in [0.15, 0.2) is 0 Å². The molecule has 1 aromatic heterocycles. The van der Waals surface area contributed by atoms with Gasteiger partial charge in [-0.25, -0.2) is 0 Å². The Labute approximate surface area is 89.5 Å². The van der Waals surface area contributed by atoms with Crippen molar-refractivity contribution in [3.8, 4) is 0 Å². The molecule has 0 bridgehead atoms. The zero-order valence-corrected chi connectivity index (χ0v) is 8.91. The molecule has 0 spiro atoms. The van der Waals surface area contributed by atoms with Crippen LogP contribution in [0.25, 0.3) is 0 Å². The Bertz CT molecular complexity index is 328. The average Bonchev–Trinajstić information content (AvgIpc) is 3.14. The summed E-state index contributed by atoms with van der Waals surface area (Å²) < 4.78 is 5.58. The van der Waals surface area contributed by atoms with Crippen LogP contribution in [-0.4, -0.2) is 22.8 Å². The van der Waals surface area contributed by atoms with E-state index in [2.05, 4.69) is 15.5 Å². The Morgan fingerprint density at radius 3 is 2.80 bits per heavy atom. The SMILES string of the molecule is C(CNC1CC1)Cc1nnc(C2CC2)o1. The van der Waals surface area contributed by atoms with Gasteiger partial charge in [0.25, 0.3) is 0 Å². The molecule has 2 aliphatic rings. The summed E-state index contributed by atoms with van der Waals surface area (Å²) in [7, 11) is 0. The van der Waals surface area contributed by atoms with Gasteiger partial charge in [-0.2, -0.15) is 0 Å². The van der Waals surface area contributed by atoms with Gasteiger partial charge in [0, 0.05) is 18.4 Å². The number of rotatable bonds is 6. The van der Waals surface area contributed by atoms with Gasteiger partial charge < -0.3 is 9.73 Å². The molecule has 0 aliphatic heterocycles. The lowest BCUT2D eigenvalue weighted by Crippen LogP contribution is -2.17. The van der Waals surface area contributed by atoms with E-state index in [4.69, 9.17) is 4.42 Å². The van der Waals surface area contributed by atoms with E-state index in [0.717, 1.165) is 37.2 Å². The zero-order valence-electron chi connectivity index (χ0n) is 8.91. The second-order valence-corrected chi connectivity index (χ2v) is 4.64. The van der Waals surface area contributed by atoms with E-state index in [0.29, 0.717) is 5.92 Å².